The molecule has 0 aliphatic rings. The van der Waals surface area contributed by atoms with E-state index in [1.165, 1.54) is 6.20 Å². The summed E-state index contributed by atoms with van der Waals surface area (Å²) in [7, 11) is -2.01. The van der Waals surface area contributed by atoms with Gasteiger partial charge in [-0.2, -0.15) is 0 Å². The second-order valence-corrected chi connectivity index (χ2v) is 6.65. The normalized spacial score (nSPS) is 11.2. The molecule has 6 heteroatoms. The van der Waals surface area contributed by atoms with Gasteiger partial charge in [0.15, 0.2) is 0 Å². The Labute approximate surface area is 125 Å². The maximum atomic E-state index is 12.6. The molecule has 1 aromatic carbocycles. The van der Waals surface area contributed by atoms with Crippen LogP contribution < -0.4 is 10.0 Å². The highest BCUT2D eigenvalue weighted by molar-refractivity contribution is 7.92. The Bertz CT molecular complexity index is 747. The summed E-state index contributed by atoms with van der Waals surface area (Å²) in [6.07, 6.45) is 2.89. The van der Waals surface area contributed by atoms with E-state index in [1.54, 1.807) is 19.3 Å². The van der Waals surface area contributed by atoms with Crippen LogP contribution in [0.15, 0.2) is 35.5 Å². The van der Waals surface area contributed by atoms with Crippen molar-refractivity contribution in [2.45, 2.75) is 25.7 Å². The third kappa shape index (κ3) is 3.16. The van der Waals surface area contributed by atoms with Crippen LogP contribution >= 0.6 is 0 Å². The van der Waals surface area contributed by atoms with Crippen molar-refractivity contribution < 1.29 is 8.42 Å². The lowest BCUT2D eigenvalue weighted by molar-refractivity contribution is 0.601. The lowest BCUT2D eigenvalue weighted by Gasteiger charge is -2.15. The van der Waals surface area contributed by atoms with Gasteiger partial charge >= 0.3 is 0 Å². The molecule has 1 heterocycles. The average molecular weight is 305 g/mol. The minimum Gasteiger partial charge on any atom is -0.387 e. The zero-order valence-electron chi connectivity index (χ0n) is 12.6. The molecule has 0 atom stereocenters. The molecule has 0 fully saturated rings. The third-order valence-electron chi connectivity index (χ3n) is 3.26. The fraction of sp³-hybridized carbons (Fsp3) is 0.267. The van der Waals surface area contributed by atoms with Crippen LogP contribution in [0, 0.1) is 20.8 Å². The number of hydrogen-bond acceptors (Lipinski definition) is 4. The van der Waals surface area contributed by atoms with Crippen LogP contribution in [0.2, 0.25) is 0 Å². The number of sulfonamides is 1. The second-order valence-electron chi connectivity index (χ2n) is 5.00. The highest BCUT2D eigenvalue weighted by Gasteiger charge is 2.20. The zero-order chi connectivity index (χ0) is 15.6. The molecule has 0 spiro atoms. The van der Waals surface area contributed by atoms with Crippen LogP contribution in [0.3, 0.4) is 0 Å². The second kappa shape index (κ2) is 5.73. The van der Waals surface area contributed by atoms with Gasteiger partial charge in [-0.15, -0.1) is 0 Å². The van der Waals surface area contributed by atoms with Crippen LogP contribution in [0.25, 0.3) is 0 Å². The number of pyridine rings is 1. The Morgan fingerprint density at radius 2 is 1.71 bits per heavy atom. The van der Waals surface area contributed by atoms with Gasteiger partial charge in [0.25, 0.3) is 10.0 Å². The Kier molecular flexibility index (Phi) is 4.18. The van der Waals surface area contributed by atoms with Crippen molar-refractivity contribution in [1.29, 1.82) is 0 Å². The summed E-state index contributed by atoms with van der Waals surface area (Å²) in [6.45, 7) is 5.76. The summed E-state index contributed by atoms with van der Waals surface area (Å²) in [5.74, 6) is 0. The van der Waals surface area contributed by atoms with Crippen molar-refractivity contribution in [2.75, 3.05) is 17.1 Å². The SMILES string of the molecule is CNc1ccncc1S(=O)(=O)Nc1c(C)cc(C)cc1C. The Balaban J connectivity index is 2.48. The predicted octanol–water partition coefficient (Wildman–Crippen LogP) is 2.85. The van der Waals surface area contributed by atoms with Gasteiger partial charge in [-0.25, -0.2) is 8.42 Å². The number of hydrogen-bond donors (Lipinski definition) is 2. The van der Waals surface area contributed by atoms with E-state index < -0.39 is 10.0 Å². The van der Waals surface area contributed by atoms with E-state index in [4.69, 9.17) is 0 Å². The van der Waals surface area contributed by atoms with E-state index in [-0.39, 0.29) is 4.90 Å². The minimum atomic E-state index is -3.69. The molecule has 0 radical (unpaired) electrons. The number of aryl methyl sites for hydroxylation is 3. The minimum absolute atomic E-state index is 0.131. The van der Waals surface area contributed by atoms with Gasteiger partial charge in [0.05, 0.1) is 11.4 Å². The molecule has 0 amide bonds. The molecule has 0 aliphatic heterocycles. The molecule has 112 valence electrons. The molecule has 0 saturated carbocycles. The lowest BCUT2D eigenvalue weighted by Crippen LogP contribution is -2.16. The monoisotopic (exact) mass is 305 g/mol. The highest BCUT2D eigenvalue weighted by Crippen LogP contribution is 2.27. The summed E-state index contributed by atoms with van der Waals surface area (Å²) >= 11 is 0. The number of aromatic nitrogens is 1. The van der Waals surface area contributed by atoms with Crippen LogP contribution in [-0.4, -0.2) is 20.4 Å². The predicted molar refractivity (Wildman–Crippen MR) is 85.2 cm³/mol. The molecule has 21 heavy (non-hydrogen) atoms. The average Bonchev–Trinajstić information content (AvgIpc) is 2.43. The molecule has 2 N–H and O–H groups in total. The van der Waals surface area contributed by atoms with E-state index in [0.717, 1.165) is 16.7 Å². The van der Waals surface area contributed by atoms with Crippen LogP contribution in [-0.2, 0) is 10.0 Å². The molecule has 0 aliphatic carbocycles. The zero-order valence-corrected chi connectivity index (χ0v) is 13.4. The lowest BCUT2D eigenvalue weighted by atomic mass is 10.1. The van der Waals surface area contributed by atoms with Crippen molar-refractivity contribution in [2.24, 2.45) is 0 Å². The number of nitrogens with one attached hydrogen (secondary N) is 2. The highest BCUT2D eigenvalue weighted by atomic mass is 32.2. The Morgan fingerprint density at radius 3 is 2.29 bits per heavy atom. The van der Waals surface area contributed by atoms with E-state index in [9.17, 15) is 8.42 Å². The molecule has 0 bridgehead atoms. The van der Waals surface area contributed by atoms with Crippen molar-refractivity contribution in [1.82, 2.24) is 4.98 Å². The quantitative estimate of drug-likeness (QED) is 0.911. The van der Waals surface area contributed by atoms with E-state index in [0.29, 0.717) is 11.4 Å². The standard InChI is InChI=1S/C15H19N3O2S/c1-10-7-11(2)15(12(3)8-10)18-21(19,20)14-9-17-6-5-13(14)16-4/h5-9,18H,1-4H3,(H,16,17). The van der Waals surface area contributed by atoms with Gasteiger partial charge < -0.3 is 5.32 Å². The first kappa shape index (κ1) is 15.3. The summed E-state index contributed by atoms with van der Waals surface area (Å²) in [6, 6.07) is 5.53. The Hall–Kier alpha value is -2.08. The first-order valence-electron chi connectivity index (χ1n) is 6.57. The van der Waals surface area contributed by atoms with Crippen molar-refractivity contribution in [3.05, 3.63) is 47.3 Å². The van der Waals surface area contributed by atoms with Crippen LogP contribution in [0.4, 0.5) is 11.4 Å². The summed E-state index contributed by atoms with van der Waals surface area (Å²) in [5.41, 5.74) is 4.02. The first-order valence-corrected chi connectivity index (χ1v) is 8.06. The summed E-state index contributed by atoms with van der Waals surface area (Å²) in [5, 5.41) is 2.87. The first-order chi connectivity index (χ1) is 9.85. The fourth-order valence-electron chi connectivity index (χ4n) is 2.33. The van der Waals surface area contributed by atoms with Crippen LogP contribution in [0.1, 0.15) is 16.7 Å². The molecule has 5 nitrogen and oxygen atoms in total. The molecular formula is C15H19N3O2S. The fourth-order valence-corrected chi connectivity index (χ4v) is 3.69. The molecule has 1 aromatic heterocycles. The van der Waals surface area contributed by atoms with E-state index in [1.807, 2.05) is 32.9 Å². The largest absolute Gasteiger partial charge is 0.387 e. The summed E-state index contributed by atoms with van der Waals surface area (Å²) in [4.78, 5) is 4.03. The molecule has 0 saturated heterocycles. The smallest absolute Gasteiger partial charge is 0.265 e. The molecule has 2 aromatic rings. The number of rotatable bonds is 4. The van der Waals surface area contributed by atoms with Gasteiger partial charge in [-0.1, -0.05) is 17.7 Å². The molecule has 0 unspecified atom stereocenters. The topological polar surface area (TPSA) is 71.1 Å². The van der Waals surface area contributed by atoms with Crippen LogP contribution in [0.5, 0.6) is 0 Å². The van der Waals surface area contributed by atoms with Gasteiger partial charge in [-0.3, -0.25) is 9.71 Å². The van der Waals surface area contributed by atoms with Gasteiger partial charge in [0.2, 0.25) is 0 Å². The number of anilines is 2. The molecular weight excluding hydrogens is 286 g/mol. The number of nitrogens with zero attached hydrogens (tertiary/aromatic N) is 1. The van der Waals surface area contributed by atoms with E-state index in [2.05, 4.69) is 15.0 Å². The molecule has 2 rings (SSSR count). The van der Waals surface area contributed by atoms with Crippen molar-refractivity contribution in [3.63, 3.8) is 0 Å². The maximum absolute atomic E-state index is 12.6. The maximum Gasteiger partial charge on any atom is 0.265 e. The number of benzene rings is 1. The summed E-state index contributed by atoms with van der Waals surface area (Å²) < 4.78 is 27.8. The Morgan fingerprint density at radius 1 is 1.10 bits per heavy atom. The van der Waals surface area contributed by atoms with Crippen molar-refractivity contribution in [3.8, 4) is 0 Å². The van der Waals surface area contributed by atoms with E-state index >= 15 is 0 Å². The van der Waals surface area contributed by atoms with Gasteiger partial charge in [-0.05, 0) is 38.0 Å². The third-order valence-corrected chi connectivity index (χ3v) is 4.63. The van der Waals surface area contributed by atoms with Gasteiger partial charge in [0, 0.05) is 19.4 Å². The van der Waals surface area contributed by atoms with Gasteiger partial charge in [0.1, 0.15) is 4.90 Å². The van der Waals surface area contributed by atoms with Crippen molar-refractivity contribution >= 4 is 21.4 Å².